The average molecular weight is 253 g/mol. The van der Waals surface area contributed by atoms with Crippen molar-refractivity contribution < 1.29 is 19.4 Å². The molecular weight excluding hydrogens is 234 g/mol. The Morgan fingerprint density at radius 1 is 1.39 bits per heavy atom. The smallest absolute Gasteiger partial charge is 0.307 e. The second-order valence-electron chi connectivity index (χ2n) is 4.05. The van der Waals surface area contributed by atoms with Gasteiger partial charge in [-0.15, -0.1) is 0 Å². The number of rotatable bonds is 7. The Kier molecular flexibility index (Phi) is 5.45. The molecule has 0 aromatic heterocycles. The number of carbonyl (C=O) groups is 1. The van der Waals surface area contributed by atoms with Crippen molar-refractivity contribution in [2.24, 2.45) is 5.92 Å². The average Bonchev–Trinajstić information content (AvgIpc) is 2.38. The lowest BCUT2D eigenvalue weighted by atomic mass is 10.1. The van der Waals surface area contributed by atoms with Crippen molar-refractivity contribution in [3.05, 3.63) is 23.8 Å². The van der Waals surface area contributed by atoms with Crippen molar-refractivity contribution in [2.75, 3.05) is 20.8 Å². The molecule has 0 saturated heterocycles. The zero-order chi connectivity index (χ0) is 13.5. The summed E-state index contributed by atoms with van der Waals surface area (Å²) in [6.07, 6.45) is 0. The first-order valence-corrected chi connectivity index (χ1v) is 5.73. The van der Waals surface area contributed by atoms with Crippen molar-refractivity contribution in [3.63, 3.8) is 0 Å². The van der Waals surface area contributed by atoms with Crippen molar-refractivity contribution in [2.45, 2.75) is 13.5 Å². The van der Waals surface area contributed by atoms with Crippen LogP contribution < -0.4 is 14.8 Å². The predicted molar refractivity (Wildman–Crippen MR) is 68.1 cm³/mol. The molecule has 5 heteroatoms. The van der Waals surface area contributed by atoms with Crippen LogP contribution in [-0.4, -0.2) is 31.8 Å². The quantitative estimate of drug-likeness (QED) is 0.771. The van der Waals surface area contributed by atoms with Crippen LogP contribution in [0.15, 0.2) is 18.2 Å². The van der Waals surface area contributed by atoms with Gasteiger partial charge in [-0.1, -0.05) is 6.92 Å². The van der Waals surface area contributed by atoms with Crippen LogP contribution in [0.3, 0.4) is 0 Å². The lowest BCUT2D eigenvalue weighted by Crippen LogP contribution is -2.26. The topological polar surface area (TPSA) is 67.8 Å². The molecule has 0 amide bonds. The first-order valence-electron chi connectivity index (χ1n) is 5.73. The molecule has 0 saturated carbocycles. The van der Waals surface area contributed by atoms with E-state index in [9.17, 15) is 4.79 Å². The maximum atomic E-state index is 10.7. The van der Waals surface area contributed by atoms with Gasteiger partial charge < -0.3 is 19.9 Å². The summed E-state index contributed by atoms with van der Waals surface area (Å²) in [7, 11) is 3.21. The minimum Gasteiger partial charge on any atom is -0.497 e. The van der Waals surface area contributed by atoms with Gasteiger partial charge in [0.1, 0.15) is 11.5 Å². The molecule has 2 N–H and O–H groups in total. The van der Waals surface area contributed by atoms with Crippen LogP contribution in [0.25, 0.3) is 0 Å². The van der Waals surface area contributed by atoms with Crippen LogP contribution in [0, 0.1) is 5.92 Å². The lowest BCUT2D eigenvalue weighted by molar-refractivity contribution is -0.140. The largest absolute Gasteiger partial charge is 0.497 e. The van der Waals surface area contributed by atoms with Crippen LogP contribution >= 0.6 is 0 Å². The molecule has 1 aromatic carbocycles. The van der Waals surface area contributed by atoms with Crippen LogP contribution in [0.4, 0.5) is 0 Å². The highest BCUT2D eigenvalue weighted by molar-refractivity contribution is 5.69. The minimum absolute atomic E-state index is 0.412. The molecule has 18 heavy (non-hydrogen) atoms. The summed E-state index contributed by atoms with van der Waals surface area (Å²) in [5.74, 6) is 0.284. The third-order valence-electron chi connectivity index (χ3n) is 2.68. The number of hydrogen-bond acceptors (Lipinski definition) is 4. The van der Waals surface area contributed by atoms with E-state index >= 15 is 0 Å². The number of hydrogen-bond donors (Lipinski definition) is 2. The Balaban J connectivity index is 2.62. The van der Waals surface area contributed by atoms with E-state index in [1.54, 1.807) is 21.1 Å². The van der Waals surface area contributed by atoms with Gasteiger partial charge in [0.2, 0.25) is 0 Å². The van der Waals surface area contributed by atoms with E-state index in [1.165, 1.54) is 0 Å². The highest BCUT2D eigenvalue weighted by Crippen LogP contribution is 2.23. The third kappa shape index (κ3) is 3.92. The molecule has 0 aliphatic carbocycles. The van der Waals surface area contributed by atoms with E-state index in [0.717, 1.165) is 17.1 Å². The van der Waals surface area contributed by atoms with E-state index < -0.39 is 11.9 Å². The number of methoxy groups -OCH3 is 2. The molecule has 0 aliphatic rings. The molecule has 100 valence electrons. The van der Waals surface area contributed by atoms with Crippen molar-refractivity contribution in [3.8, 4) is 11.5 Å². The fourth-order valence-corrected chi connectivity index (χ4v) is 1.53. The standard InChI is InChI=1S/C13H19NO4/c1-9(13(15)16)7-14-8-10-6-11(17-2)4-5-12(10)18-3/h4-6,9,14H,7-8H2,1-3H3,(H,15,16). The fraction of sp³-hybridized carbons (Fsp3) is 0.462. The molecule has 0 bridgehead atoms. The zero-order valence-corrected chi connectivity index (χ0v) is 10.9. The van der Waals surface area contributed by atoms with Crippen molar-refractivity contribution >= 4 is 5.97 Å². The Bertz CT molecular complexity index is 406. The summed E-state index contributed by atoms with van der Waals surface area (Å²) in [6, 6.07) is 5.52. The molecule has 1 rings (SSSR count). The molecule has 0 fully saturated rings. The number of carboxylic acid groups (broad SMARTS) is 1. The number of aliphatic carboxylic acids is 1. The number of carboxylic acids is 1. The van der Waals surface area contributed by atoms with Gasteiger partial charge >= 0.3 is 5.97 Å². The van der Waals surface area contributed by atoms with Gasteiger partial charge in [0.05, 0.1) is 20.1 Å². The van der Waals surface area contributed by atoms with Gasteiger partial charge in [-0.25, -0.2) is 0 Å². The molecular formula is C13H19NO4. The van der Waals surface area contributed by atoms with E-state index in [2.05, 4.69) is 5.32 Å². The maximum absolute atomic E-state index is 10.7. The van der Waals surface area contributed by atoms with E-state index in [1.807, 2.05) is 18.2 Å². The minimum atomic E-state index is -0.805. The summed E-state index contributed by atoms with van der Waals surface area (Å²) in [5, 5.41) is 11.9. The van der Waals surface area contributed by atoms with E-state index in [4.69, 9.17) is 14.6 Å². The highest BCUT2D eigenvalue weighted by atomic mass is 16.5. The highest BCUT2D eigenvalue weighted by Gasteiger charge is 2.11. The summed E-state index contributed by atoms with van der Waals surface area (Å²) >= 11 is 0. The van der Waals surface area contributed by atoms with E-state index in [-0.39, 0.29) is 0 Å². The first kappa shape index (κ1) is 14.3. The summed E-state index contributed by atoms with van der Waals surface area (Å²) in [6.45, 7) is 2.62. The van der Waals surface area contributed by atoms with Gasteiger partial charge in [0, 0.05) is 18.7 Å². The van der Waals surface area contributed by atoms with Crippen LogP contribution in [-0.2, 0) is 11.3 Å². The summed E-state index contributed by atoms with van der Waals surface area (Å²) < 4.78 is 10.4. The molecule has 0 aliphatic heterocycles. The van der Waals surface area contributed by atoms with Crippen molar-refractivity contribution in [1.29, 1.82) is 0 Å². The zero-order valence-electron chi connectivity index (χ0n) is 10.9. The van der Waals surface area contributed by atoms with Crippen molar-refractivity contribution in [1.82, 2.24) is 5.32 Å². The maximum Gasteiger partial charge on any atom is 0.307 e. The molecule has 1 atom stereocenters. The van der Waals surface area contributed by atoms with Gasteiger partial charge in [-0.05, 0) is 18.2 Å². The SMILES string of the molecule is COc1ccc(OC)c(CNCC(C)C(=O)O)c1. The molecule has 1 aromatic rings. The molecule has 0 heterocycles. The molecule has 5 nitrogen and oxygen atoms in total. The second-order valence-corrected chi connectivity index (χ2v) is 4.05. The van der Waals surface area contributed by atoms with Gasteiger partial charge in [0.15, 0.2) is 0 Å². The second kappa shape index (κ2) is 6.86. The lowest BCUT2D eigenvalue weighted by Gasteiger charge is -2.12. The normalized spacial score (nSPS) is 11.9. The van der Waals surface area contributed by atoms with Gasteiger partial charge in [-0.2, -0.15) is 0 Å². The van der Waals surface area contributed by atoms with Crippen LogP contribution in [0.5, 0.6) is 11.5 Å². The third-order valence-corrected chi connectivity index (χ3v) is 2.68. The Labute approximate surface area is 107 Å². The molecule has 0 spiro atoms. The number of benzene rings is 1. The Morgan fingerprint density at radius 3 is 2.67 bits per heavy atom. The fourth-order valence-electron chi connectivity index (χ4n) is 1.53. The molecule has 1 unspecified atom stereocenters. The Hall–Kier alpha value is -1.75. The van der Waals surface area contributed by atoms with Crippen LogP contribution in [0.1, 0.15) is 12.5 Å². The van der Waals surface area contributed by atoms with E-state index in [0.29, 0.717) is 13.1 Å². The summed E-state index contributed by atoms with van der Waals surface area (Å²) in [5.41, 5.74) is 0.939. The van der Waals surface area contributed by atoms with Gasteiger partial charge in [0.25, 0.3) is 0 Å². The summed E-state index contributed by atoms with van der Waals surface area (Å²) in [4.78, 5) is 10.7. The molecule has 0 radical (unpaired) electrons. The first-order chi connectivity index (χ1) is 8.58. The van der Waals surface area contributed by atoms with Crippen LogP contribution in [0.2, 0.25) is 0 Å². The monoisotopic (exact) mass is 253 g/mol. The number of nitrogens with one attached hydrogen (secondary N) is 1. The Morgan fingerprint density at radius 2 is 2.11 bits per heavy atom. The van der Waals surface area contributed by atoms with Gasteiger partial charge in [-0.3, -0.25) is 4.79 Å². The predicted octanol–water partition coefficient (Wildman–Crippen LogP) is 1.51. The number of ether oxygens (including phenoxy) is 2.